The van der Waals surface area contributed by atoms with E-state index >= 15 is 0 Å². The van der Waals surface area contributed by atoms with Crippen molar-refractivity contribution >= 4 is 27.5 Å². The molecule has 1 rings (SSSR count). The van der Waals surface area contributed by atoms with Crippen LogP contribution in [0.15, 0.2) is 22.7 Å². The Morgan fingerprint density at radius 1 is 1.53 bits per heavy atom. The lowest BCUT2D eigenvalue weighted by Gasteiger charge is -2.12. The second kappa shape index (κ2) is 5.31. The molecule has 1 N–H and O–H groups in total. The molecular formula is C12H16BrNO. The monoisotopic (exact) mass is 269 g/mol. The molecule has 0 saturated carbocycles. The third-order valence-corrected chi connectivity index (χ3v) is 3.00. The number of hydrogen-bond donors (Lipinski definition) is 1. The molecule has 0 heterocycles. The van der Waals surface area contributed by atoms with Crippen LogP contribution in [0.4, 0.5) is 5.69 Å². The van der Waals surface area contributed by atoms with E-state index in [2.05, 4.69) is 21.2 Å². The highest BCUT2D eigenvalue weighted by Gasteiger charge is 2.11. The van der Waals surface area contributed by atoms with E-state index in [4.69, 9.17) is 0 Å². The normalized spacial score (nSPS) is 12.3. The van der Waals surface area contributed by atoms with Crippen LogP contribution in [0.2, 0.25) is 0 Å². The lowest BCUT2D eigenvalue weighted by atomic mass is 10.1. The number of aryl methyl sites for hydroxylation is 1. The van der Waals surface area contributed by atoms with Crippen molar-refractivity contribution in [1.82, 2.24) is 0 Å². The van der Waals surface area contributed by atoms with Crippen LogP contribution in [0.25, 0.3) is 0 Å². The van der Waals surface area contributed by atoms with E-state index in [1.807, 2.05) is 39.0 Å². The molecule has 0 fully saturated rings. The molecule has 0 radical (unpaired) electrons. The number of hydrogen-bond acceptors (Lipinski definition) is 1. The molecule has 1 aromatic rings. The average Bonchev–Trinajstić information content (AvgIpc) is 2.20. The molecule has 0 aliphatic carbocycles. The Labute approximate surface area is 99.2 Å². The highest BCUT2D eigenvalue weighted by molar-refractivity contribution is 9.10. The number of amides is 1. The zero-order valence-corrected chi connectivity index (χ0v) is 10.9. The Hall–Kier alpha value is -0.830. The van der Waals surface area contributed by atoms with E-state index in [0.29, 0.717) is 0 Å². The van der Waals surface area contributed by atoms with Crippen molar-refractivity contribution in [1.29, 1.82) is 0 Å². The zero-order valence-electron chi connectivity index (χ0n) is 9.30. The minimum Gasteiger partial charge on any atom is -0.326 e. The van der Waals surface area contributed by atoms with Gasteiger partial charge >= 0.3 is 0 Å². The van der Waals surface area contributed by atoms with Crippen molar-refractivity contribution < 1.29 is 4.79 Å². The van der Waals surface area contributed by atoms with E-state index < -0.39 is 0 Å². The van der Waals surface area contributed by atoms with Gasteiger partial charge in [-0.2, -0.15) is 0 Å². The number of nitrogens with one attached hydrogen (secondary N) is 1. The molecule has 82 valence electrons. The number of carbonyl (C=O) groups is 1. The van der Waals surface area contributed by atoms with Crippen LogP contribution in [-0.4, -0.2) is 5.91 Å². The van der Waals surface area contributed by atoms with Crippen LogP contribution in [0, 0.1) is 12.8 Å². The van der Waals surface area contributed by atoms with Crippen molar-refractivity contribution in [2.75, 3.05) is 5.32 Å². The smallest absolute Gasteiger partial charge is 0.227 e. The molecule has 0 unspecified atom stereocenters. The van der Waals surface area contributed by atoms with Gasteiger partial charge in [0.25, 0.3) is 0 Å². The van der Waals surface area contributed by atoms with Gasteiger partial charge in [0.05, 0.1) is 0 Å². The highest BCUT2D eigenvalue weighted by Crippen LogP contribution is 2.20. The first-order chi connectivity index (χ1) is 7.04. The molecule has 0 spiro atoms. The van der Waals surface area contributed by atoms with Gasteiger partial charge < -0.3 is 5.32 Å². The molecule has 3 heteroatoms. The number of rotatable bonds is 3. The van der Waals surface area contributed by atoms with Crippen molar-refractivity contribution in [3.63, 3.8) is 0 Å². The van der Waals surface area contributed by atoms with Gasteiger partial charge in [0, 0.05) is 16.1 Å². The third kappa shape index (κ3) is 3.34. The van der Waals surface area contributed by atoms with E-state index in [9.17, 15) is 4.79 Å². The predicted molar refractivity (Wildman–Crippen MR) is 67.0 cm³/mol. The maximum Gasteiger partial charge on any atom is 0.227 e. The molecule has 1 amide bonds. The Morgan fingerprint density at radius 2 is 2.20 bits per heavy atom. The van der Waals surface area contributed by atoms with E-state index in [0.717, 1.165) is 22.1 Å². The maximum absolute atomic E-state index is 11.7. The first-order valence-electron chi connectivity index (χ1n) is 5.11. The molecular weight excluding hydrogens is 254 g/mol. The minimum absolute atomic E-state index is 0.0630. The second-order valence-electron chi connectivity index (χ2n) is 3.76. The van der Waals surface area contributed by atoms with Crippen molar-refractivity contribution in [3.05, 3.63) is 28.2 Å². The Kier molecular flexibility index (Phi) is 4.33. The summed E-state index contributed by atoms with van der Waals surface area (Å²) >= 11 is 3.39. The largest absolute Gasteiger partial charge is 0.326 e. The molecule has 15 heavy (non-hydrogen) atoms. The van der Waals surface area contributed by atoms with Gasteiger partial charge in [0.1, 0.15) is 0 Å². The fourth-order valence-corrected chi connectivity index (χ4v) is 1.68. The second-order valence-corrected chi connectivity index (χ2v) is 4.67. The standard InChI is InChI=1S/C12H16BrNO/c1-4-8(2)12(15)14-11-6-5-10(13)7-9(11)3/h5-8H,4H2,1-3H3,(H,14,15)/t8-/m0/s1. The molecule has 0 aliphatic heterocycles. The number of halogens is 1. The molecule has 2 nitrogen and oxygen atoms in total. The summed E-state index contributed by atoms with van der Waals surface area (Å²) < 4.78 is 1.03. The van der Waals surface area contributed by atoms with E-state index in [1.165, 1.54) is 0 Å². The first kappa shape index (κ1) is 12.2. The van der Waals surface area contributed by atoms with Crippen LogP contribution in [0.1, 0.15) is 25.8 Å². The Bertz CT molecular complexity index is 363. The number of anilines is 1. The van der Waals surface area contributed by atoms with Gasteiger partial charge in [-0.1, -0.05) is 29.8 Å². The van der Waals surface area contributed by atoms with E-state index in [1.54, 1.807) is 0 Å². The van der Waals surface area contributed by atoms with E-state index in [-0.39, 0.29) is 11.8 Å². The fourth-order valence-electron chi connectivity index (χ4n) is 1.21. The van der Waals surface area contributed by atoms with Crippen LogP contribution in [0.3, 0.4) is 0 Å². The van der Waals surface area contributed by atoms with Gasteiger partial charge in [-0.3, -0.25) is 4.79 Å². The SMILES string of the molecule is CC[C@H](C)C(=O)Nc1ccc(Br)cc1C. The summed E-state index contributed by atoms with van der Waals surface area (Å²) in [6.07, 6.45) is 0.863. The van der Waals surface area contributed by atoms with Gasteiger partial charge in [-0.15, -0.1) is 0 Å². The van der Waals surface area contributed by atoms with Crippen LogP contribution < -0.4 is 5.32 Å². The molecule has 0 bridgehead atoms. The van der Waals surface area contributed by atoms with Crippen molar-refractivity contribution in [3.8, 4) is 0 Å². The fraction of sp³-hybridized carbons (Fsp3) is 0.417. The van der Waals surface area contributed by atoms with Crippen molar-refractivity contribution in [2.45, 2.75) is 27.2 Å². The summed E-state index contributed by atoms with van der Waals surface area (Å²) in [5.41, 5.74) is 1.96. The van der Waals surface area contributed by atoms with Crippen LogP contribution in [-0.2, 0) is 4.79 Å². The van der Waals surface area contributed by atoms with Crippen molar-refractivity contribution in [2.24, 2.45) is 5.92 Å². The first-order valence-corrected chi connectivity index (χ1v) is 5.91. The minimum atomic E-state index is 0.0630. The average molecular weight is 270 g/mol. The molecule has 0 saturated heterocycles. The lowest BCUT2D eigenvalue weighted by Crippen LogP contribution is -2.20. The summed E-state index contributed by atoms with van der Waals surface area (Å²) in [5, 5.41) is 2.93. The summed E-state index contributed by atoms with van der Waals surface area (Å²) in [6, 6.07) is 5.84. The summed E-state index contributed by atoms with van der Waals surface area (Å²) in [4.78, 5) is 11.7. The molecule has 0 aromatic heterocycles. The number of benzene rings is 1. The topological polar surface area (TPSA) is 29.1 Å². The number of carbonyl (C=O) groups excluding carboxylic acids is 1. The third-order valence-electron chi connectivity index (χ3n) is 2.51. The summed E-state index contributed by atoms with van der Waals surface area (Å²) in [6.45, 7) is 5.93. The Balaban J connectivity index is 2.77. The molecule has 1 atom stereocenters. The zero-order chi connectivity index (χ0) is 11.4. The van der Waals surface area contributed by atoms with Gasteiger partial charge in [-0.05, 0) is 37.1 Å². The summed E-state index contributed by atoms with van der Waals surface area (Å²) in [7, 11) is 0. The van der Waals surface area contributed by atoms with Crippen LogP contribution in [0.5, 0.6) is 0 Å². The van der Waals surface area contributed by atoms with Gasteiger partial charge in [0.15, 0.2) is 0 Å². The molecule has 1 aromatic carbocycles. The molecule has 0 aliphatic rings. The predicted octanol–water partition coefficient (Wildman–Crippen LogP) is 3.74. The van der Waals surface area contributed by atoms with Crippen LogP contribution >= 0.6 is 15.9 Å². The van der Waals surface area contributed by atoms with Gasteiger partial charge in [0.2, 0.25) is 5.91 Å². The van der Waals surface area contributed by atoms with Gasteiger partial charge in [-0.25, -0.2) is 0 Å². The highest BCUT2D eigenvalue weighted by atomic mass is 79.9. The maximum atomic E-state index is 11.7. The quantitative estimate of drug-likeness (QED) is 0.890. The summed E-state index contributed by atoms with van der Waals surface area (Å²) in [5.74, 6) is 0.149. The lowest BCUT2D eigenvalue weighted by molar-refractivity contribution is -0.119. The Morgan fingerprint density at radius 3 is 2.73 bits per heavy atom.